The SMILES string of the molecule is C[C@H](CCC(=O)N(C)CCS(=O)(=O)[O-])[C@H]1CCC2C3CCC4C[C@H](O)CC[C@]4(C)C3C[C@H](O)[C@@]21C.C[C@H](CCC(=O)N(C)CCS(=O)(=O)[O-])[C@H]1CCC2C3CCC4C[C@H](O)CC[C@]4(C)C3C[C@H](O)[C@@]21C.[Fe+2]. The molecule has 0 aromatic rings. The first-order valence-corrected chi connectivity index (χ1v) is 30.8. The number of hydrogen-bond donors (Lipinski definition) is 4. The van der Waals surface area contributed by atoms with E-state index in [1.807, 2.05) is 0 Å². The van der Waals surface area contributed by atoms with E-state index in [9.17, 15) is 56.0 Å². The molecule has 2 amide bonds. The van der Waals surface area contributed by atoms with Crippen molar-refractivity contribution < 1.29 is 73.0 Å². The van der Waals surface area contributed by atoms with Crippen molar-refractivity contribution in [2.75, 3.05) is 38.7 Å². The summed E-state index contributed by atoms with van der Waals surface area (Å²) in [5, 5.41) is 43.8. The number of rotatable bonds is 14. The van der Waals surface area contributed by atoms with E-state index in [0.717, 1.165) is 77.0 Å². The maximum Gasteiger partial charge on any atom is 2.00 e. The minimum atomic E-state index is -4.33. The Morgan fingerprint density at radius 3 is 1.24 bits per heavy atom. The van der Waals surface area contributed by atoms with Gasteiger partial charge in [0.15, 0.2) is 0 Å². The van der Waals surface area contributed by atoms with E-state index in [-0.39, 0.29) is 99.9 Å². The second-order valence-electron chi connectivity index (χ2n) is 26.0. The van der Waals surface area contributed by atoms with Crippen LogP contribution in [-0.2, 0) is 46.9 Å². The maximum absolute atomic E-state index is 12.5. The summed E-state index contributed by atoms with van der Waals surface area (Å²) in [5.74, 6) is 4.42. The number of aliphatic hydroxyl groups is 4. The molecule has 4 N–H and O–H groups in total. The molecule has 0 aliphatic heterocycles. The molecule has 8 rings (SSSR count). The molecule has 8 fully saturated rings. The van der Waals surface area contributed by atoms with Crippen LogP contribution in [0, 0.1) is 92.7 Å². The van der Waals surface area contributed by atoms with Gasteiger partial charge in [-0.1, -0.05) is 41.5 Å². The molecule has 8 unspecified atom stereocenters. The van der Waals surface area contributed by atoms with Gasteiger partial charge in [0.05, 0.1) is 56.2 Å². The van der Waals surface area contributed by atoms with Gasteiger partial charge in [0, 0.05) is 40.0 Å². The average Bonchev–Trinajstić information content (AvgIpc) is 3.85. The molecule has 14 nitrogen and oxygen atoms in total. The van der Waals surface area contributed by atoms with Crippen LogP contribution >= 0.6 is 0 Å². The van der Waals surface area contributed by atoms with Crippen molar-refractivity contribution in [3.8, 4) is 0 Å². The summed E-state index contributed by atoms with van der Waals surface area (Å²) < 4.78 is 65.3. The molecule has 20 atom stereocenters. The molecule has 8 saturated carbocycles. The minimum Gasteiger partial charge on any atom is -0.748 e. The van der Waals surface area contributed by atoms with Crippen molar-refractivity contribution >= 4 is 32.1 Å². The number of amides is 2. The minimum absolute atomic E-state index is 0. The van der Waals surface area contributed by atoms with E-state index >= 15 is 0 Å². The third-order valence-corrected chi connectivity index (χ3v) is 24.2. The van der Waals surface area contributed by atoms with Gasteiger partial charge in [-0.2, -0.15) is 0 Å². The molecule has 0 saturated heterocycles. The molecule has 0 aromatic carbocycles. The zero-order chi connectivity index (χ0) is 51.5. The Balaban J connectivity index is 0.000000229. The van der Waals surface area contributed by atoms with Gasteiger partial charge in [-0.25, -0.2) is 16.8 Å². The van der Waals surface area contributed by atoms with Crippen molar-refractivity contribution in [3.05, 3.63) is 0 Å². The van der Waals surface area contributed by atoms with Crippen molar-refractivity contribution in [2.45, 2.75) is 194 Å². The molecule has 410 valence electrons. The van der Waals surface area contributed by atoms with Crippen LogP contribution in [0.4, 0.5) is 0 Å². The van der Waals surface area contributed by atoms with E-state index in [1.54, 1.807) is 14.1 Å². The topological polar surface area (TPSA) is 236 Å². The number of aliphatic hydroxyl groups excluding tert-OH is 4. The van der Waals surface area contributed by atoms with Gasteiger partial charge in [-0.15, -0.1) is 0 Å². The molecular weight excluding hydrogens is 989 g/mol. The number of fused-ring (bicyclic) bond motifs is 10. The zero-order valence-electron chi connectivity index (χ0n) is 44.3. The second kappa shape index (κ2) is 22.6. The Morgan fingerprint density at radius 1 is 0.549 bits per heavy atom. The predicted octanol–water partition coefficient (Wildman–Crippen LogP) is 6.79. The average molecular weight is 1080 g/mol. The van der Waals surface area contributed by atoms with Gasteiger partial charge >= 0.3 is 17.1 Å². The fourth-order valence-corrected chi connectivity index (χ4v) is 19.5. The fourth-order valence-electron chi connectivity index (χ4n) is 18.6. The van der Waals surface area contributed by atoms with Crippen molar-refractivity contribution in [1.29, 1.82) is 0 Å². The second-order valence-corrected chi connectivity index (χ2v) is 29.0. The van der Waals surface area contributed by atoms with Crippen LogP contribution in [0.1, 0.15) is 170 Å². The van der Waals surface area contributed by atoms with Crippen molar-refractivity contribution in [1.82, 2.24) is 9.80 Å². The first kappa shape index (κ1) is 59.4. The monoisotopic (exact) mass is 1080 g/mol. The summed E-state index contributed by atoms with van der Waals surface area (Å²) in [4.78, 5) is 27.8. The van der Waals surface area contributed by atoms with Gasteiger partial charge in [-0.05, 0) is 208 Å². The van der Waals surface area contributed by atoms with Gasteiger partial charge < -0.3 is 39.3 Å². The van der Waals surface area contributed by atoms with Gasteiger partial charge in [0.2, 0.25) is 11.8 Å². The number of carbonyl (C=O) groups is 2. The fraction of sp³-hybridized carbons (Fsp3) is 0.963. The molecule has 8 aliphatic carbocycles. The molecule has 0 radical (unpaired) electrons. The van der Waals surface area contributed by atoms with E-state index in [2.05, 4.69) is 41.5 Å². The smallest absolute Gasteiger partial charge is 0.748 e. The Hall–Kier alpha value is -0.881. The molecule has 0 aromatic heterocycles. The molecule has 0 spiro atoms. The molecule has 0 heterocycles. The Bertz CT molecular complexity index is 1940. The van der Waals surface area contributed by atoms with E-state index in [1.165, 1.54) is 35.5 Å². The van der Waals surface area contributed by atoms with Crippen LogP contribution in [-0.4, -0.2) is 131 Å². The van der Waals surface area contributed by atoms with Crippen LogP contribution in [0.5, 0.6) is 0 Å². The predicted molar refractivity (Wildman–Crippen MR) is 266 cm³/mol. The summed E-state index contributed by atoms with van der Waals surface area (Å²) >= 11 is 0. The number of carbonyl (C=O) groups excluding carboxylic acids is 2. The number of nitrogens with zero attached hydrogens (tertiary/aromatic N) is 2. The number of hydrogen-bond acceptors (Lipinski definition) is 12. The van der Waals surface area contributed by atoms with Crippen LogP contribution in [0.15, 0.2) is 0 Å². The normalized spacial score (nSPS) is 43.5. The standard InChI is InChI=1S/2C27H47NO6S.Fe/c2*1-17(5-10-25(31)28(4)13-14-35(32,33)34)21-8-9-22-20-7-6-18-15-19(29)11-12-26(18,2)23(20)16-24(30)27(21,22)3;/h2*17-24,29-30H,5-16H2,1-4H3,(H,32,33,34);/q;;+2/p-2/t2*17-,18?,19-,20?,21-,22?,23?,24+,26+,27-;/m11./s1. The van der Waals surface area contributed by atoms with Crippen molar-refractivity contribution in [2.24, 2.45) is 92.7 Å². The summed E-state index contributed by atoms with van der Waals surface area (Å²) in [6, 6.07) is 0. The third-order valence-electron chi connectivity index (χ3n) is 22.8. The zero-order valence-corrected chi connectivity index (χ0v) is 47.1. The summed E-state index contributed by atoms with van der Waals surface area (Å²) in [7, 11) is -5.56. The Kier molecular flexibility index (Phi) is 18.9. The van der Waals surface area contributed by atoms with Crippen molar-refractivity contribution in [3.63, 3.8) is 0 Å². The first-order chi connectivity index (χ1) is 32.5. The summed E-state index contributed by atoms with van der Waals surface area (Å²) in [6.45, 7) is 13.7. The molecule has 17 heteroatoms. The van der Waals surface area contributed by atoms with E-state index in [4.69, 9.17) is 0 Å². The van der Waals surface area contributed by atoms with Crippen LogP contribution in [0.2, 0.25) is 0 Å². The van der Waals surface area contributed by atoms with Crippen LogP contribution in [0.3, 0.4) is 0 Å². The van der Waals surface area contributed by atoms with Gasteiger partial charge in [-0.3, -0.25) is 9.59 Å². The maximum atomic E-state index is 12.5. The quantitative estimate of drug-likeness (QED) is 0.104. The Labute approximate surface area is 438 Å². The molecule has 8 aliphatic rings. The molecule has 71 heavy (non-hydrogen) atoms. The van der Waals surface area contributed by atoms with Gasteiger partial charge in [0.1, 0.15) is 0 Å². The van der Waals surface area contributed by atoms with E-state index < -0.39 is 31.7 Å². The summed E-state index contributed by atoms with van der Waals surface area (Å²) in [5.41, 5.74) is 0.179. The van der Waals surface area contributed by atoms with Crippen LogP contribution in [0.25, 0.3) is 0 Å². The molecular formula is C54H92FeN2O12S2. The van der Waals surface area contributed by atoms with Gasteiger partial charge in [0.25, 0.3) is 0 Å². The first-order valence-electron chi connectivity index (χ1n) is 27.6. The van der Waals surface area contributed by atoms with Crippen LogP contribution < -0.4 is 0 Å². The Morgan fingerprint density at radius 2 is 0.901 bits per heavy atom. The summed E-state index contributed by atoms with van der Waals surface area (Å²) in [6.07, 6.45) is 17.8. The largest absolute Gasteiger partial charge is 2.00 e. The third kappa shape index (κ3) is 12.0. The molecule has 0 bridgehead atoms. The van der Waals surface area contributed by atoms with E-state index in [0.29, 0.717) is 84.9 Å².